The van der Waals surface area contributed by atoms with Crippen molar-refractivity contribution in [2.45, 2.75) is 6.04 Å². The van der Waals surface area contributed by atoms with Crippen LogP contribution in [-0.4, -0.2) is 28.0 Å². The quantitative estimate of drug-likeness (QED) is 0.728. The van der Waals surface area contributed by atoms with Gasteiger partial charge in [0.05, 0.1) is 5.69 Å². The summed E-state index contributed by atoms with van der Waals surface area (Å²) in [7, 11) is 1.82. The fourth-order valence-corrected chi connectivity index (χ4v) is 3.05. The van der Waals surface area contributed by atoms with Crippen LogP contribution in [-0.2, 0) is 11.8 Å². The Kier molecular flexibility index (Phi) is 4.52. The molecule has 2 N–H and O–H groups in total. The Morgan fingerprint density at radius 1 is 1.29 bits per heavy atom. The van der Waals surface area contributed by atoms with E-state index in [0.717, 1.165) is 0 Å². The maximum Gasteiger partial charge on any atom is 0.262 e. The van der Waals surface area contributed by atoms with Crippen molar-refractivity contribution in [2.75, 3.05) is 11.9 Å². The molecule has 0 saturated carbocycles. The molecule has 1 unspecified atom stereocenters. The molecule has 4 rings (SSSR count). The third-order valence-corrected chi connectivity index (χ3v) is 4.47. The number of amides is 2. The fourth-order valence-electron chi connectivity index (χ4n) is 3.05. The van der Waals surface area contributed by atoms with Crippen LogP contribution in [0.25, 0.3) is 0 Å². The Balaban J connectivity index is 1.64. The minimum Gasteiger partial charge on any atom is -0.482 e. The van der Waals surface area contributed by atoms with Gasteiger partial charge in [0.1, 0.15) is 23.4 Å². The highest BCUT2D eigenvalue weighted by Gasteiger charge is 2.23. The Morgan fingerprint density at radius 2 is 2.07 bits per heavy atom. The Hall–Kier alpha value is -3.68. The van der Waals surface area contributed by atoms with Crippen molar-refractivity contribution >= 4 is 17.5 Å². The number of carbonyl (C=O) groups excluding carboxylic acids is 2. The number of nitrogens with zero attached hydrogens (tertiary/aromatic N) is 2. The number of ether oxygens (including phenoxy) is 1. The van der Waals surface area contributed by atoms with E-state index in [1.807, 2.05) is 7.05 Å². The van der Waals surface area contributed by atoms with Crippen LogP contribution in [0.15, 0.2) is 54.9 Å². The van der Waals surface area contributed by atoms with E-state index in [4.69, 9.17) is 4.74 Å². The van der Waals surface area contributed by atoms with Crippen molar-refractivity contribution in [3.8, 4) is 5.75 Å². The molecule has 2 aromatic carbocycles. The molecule has 1 aliphatic rings. The van der Waals surface area contributed by atoms with Gasteiger partial charge in [0.15, 0.2) is 6.61 Å². The number of hydrogen-bond donors (Lipinski definition) is 2. The first-order chi connectivity index (χ1) is 13.5. The fraction of sp³-hybridized carbons (Fsp3) is 0.150. The first kappa shape index (κ1) is 17.7. The van der Waals surface area contributed by atoms with Gasteiger partial charge in [0, 0.05) is 25.0 Å². The van der Waals surface area contributed by atoms with Gasteiger partial charge in [0.2, 0.25) is 0 Å². The van der Waals surface area contributed by atoms with Crippen LogP contribution in [0.5, 0.6) is 5.75 Å². The molecule has 2 heterocycles. The predicted molar refractivity (Wildman–Crippen MR) is 99.5 cm³/mol. The minimum atomic E-state index is -0.574. The second-order valence-corrected chi connectivity index (χ2v) is 6.40. The number of rotatable bonds is 4. The van der Waals surface area contributed by atoms with Gasteiger partial charge >= 0.3 is 0 Å². The normalized spacial score (nSPS) is 13.9. The predicted octanol–water partition coefficient (Wildman–Crippen LogP) is 2.41. The van der Waals surface area contributed by atoms with E-state index in [-0.39, 0.29) is 24.2 Å². The van der Waals surface area contributed by atoms with E-state index < -0.39 is 6.04 Å². The first-order valence-corrected chi connectivity index (χ1v) is 8.61. The number of benzene rings is 2. The number of carbonyl (C=O) groups is 2. The summed E-state index contributed by atoms with van der Waals surface area (Å²) in [5.74, 6) is 0.117. The summed E-state index contributed by atoms with van der Waals surface area (Å²) in [6, 6.07) is 10.1. The zero-order chi connectivity index (χ0) is 19.7. The van der Waals surface area contributed by atoms with Crippen molar-refractivity contribution in [1.82, 2.24) is 14.9 Å². The van der Waals surface area contributed by atoms with Crippen LogP contribution in [0, 0.1) is 5.82 Å². The van der Waals surface area contributed by atoms with Crippen molar-refractivity contribution < 1.29 is 18.7 Å². The summed E-state index contributed by atoms with van der Waals surface area (Å²) in [5, 5.41) is 5.61. The largest absolute Gasteiger partial charge is 0.482 e. The molecule has 0 aliphatic carbocycles. The zero-order valence-electron chi connectivity index (χ0n) is 15.0. The highest BCUT2D eigenvalue weighted by Crippen LogP contribution is 2.29. The topological polar surface area (TPSA) is 85.3 Å². The molecule has 1 atom stereocenters. The summed E-state index contributed by atoms with van der Waals surface area (Å²) in [6.45, 7) is -0.0512. The summed E-state index contributed by atoms with van der Waals surface area (Å²) in [4.78, 5) is 28.7. The number of aryl methyl sites for hydroxylation is 1. The third-order valence-electron chi connectivity index (χ3n) is 4.47. The van der Waals surface area contributed by atoms with Crippen LogP contribution in [0.4, 0.5) is 10.1 Å². The number of aromatic nitrogens is 2. The first-order valence-electron chi connectivity index (χ1n) is 8.61. The van der Waals surface area contributed by atoms with Crippen LogP contribution in [0.2, 0.25) is 0 Å². The average Bonchev–Trinajstić information content (AvgIpc) is 3.11. The molecule has 0 fully saturated rings. The lowest BCUT2D eigenvalue weighted by Gasteiger charge is -2.21. The van der Waals surface area contributed by atoms with E-state index in [1.54, 1.807) is 47.3 Å². The van der Waals surface area contributed by atoms with Crippen LogP contribution in [0.1, 0.15) is 27.8 Å². The molecule has 8 heteroatoms. The highest BCUT2D eigenvalue weighted by atomic mass is 19.1. The summed E-state index contributed by atoms with van der Waals surface area (Å²) in [6.07, 6.45) is 3.40. The maximum absolute atomic E-state index is 13.3. The Morgan fingerprint density at radius 3 is 2.79 bits per heavy atom. The van der Waals surface area contributed by atoms with Gasteiger partial charge in [-0.15, -0.1) is 0 Å². The second-order valence-electron chi connectivity index (χ2n) is 6.40. The number of anilines is 1. The van der Waals surface area contributed by atoms with E-state index in [2.05, 4.69) is 15.6 Å². The lowest BCUT2D eigenvalue weighted by molar-refractivity contribution is -0.118. The summed E-state index contributed by atoms with van der Waals surface area (Å²) >= 11 is 0. The number of nitrogens with one attached hydrogen (secondary N) is 2. The Bertz CT molecular complexity index is 1050. The number of halogens is 1. The van der Waals surface area contributed by atoms with Crippen molar-refractivity contribution in [3.63, 3.8) is 0 Å². The molecule has 1 aliphatic heterocycles. The molecule has 1 aromatic heterocycles. The number of fused-ring (bicyclic) bond motifs is 1. The molecular formula is C20H17FN4O3. The number of hydrogen-bond acceptors (Lipinski definition) is 4. The van der Waals surface area contributed by atoms with Gasteiger partial charge in [-0.25, -0.2) is 9.37 Å². The van der Waals surface area contributed by atoms with Gasteiger partial charge in [-0.2, -0.15) is 0 Å². The smallest absolute Gasteiger partial charge is 0.262 e. The summed E-state index contributed by atoms with van der Waals surface area (Å²) in [5.41, 5.74) is 1.49. The molecule has 28 heavy (non-hydrogen) atoms. The van der Waals surface area contributed by atoms with E-state index >= 15 is 0 Å². The molecule has 2 amide bonds. The molecular weight excluding hydrogens is 363 g/mol. The average molecular weight is 380 g/mol. The molecule has 0 radical (unpaired) electrons. The van der Waals surface area contributed by atoms with Crippen LogP contribution >= 0.6 is 0 Å². The molecule has 0 bridgehead atoms. The van der Waals surface area contributed by atoms with E-state index in [9.17, 15) is 14.0 Å². The molecule has 0 spiro atoms. The van der Waals surface area contributed by atoms with Gasteiger partial charge in [-0.1, -0.05) is 12.1 Å². The second kappa shape index (κ2) is 7.15. The number of imidazole rings is 1. The van der Waals surface area contributed by atoms with E-state index in [1.165, 1.54) is 12.1 Å². The van der Waals surface area contributed by atoms with Crippen LogP contribution in [0.3, 0.4) is 0 Å². The lowest BCUT2D eigenvalue weighted by atomic mass is 10.0. The van der Waals surface area contributed by atoms with Crippen LogP contribution < -0.4 is 15.4 Å². The summed E-state index contributed by atoms with van der Waals surface area (Å²) < 4.78 is 20.4. The lowest BCUT2D eigenvalue weighted by Crippen LogP contribution is -2.31. The van der Waals surface area contributed by atoms with Gasteiger partial charge in [-0.3, -0.25) is 9.59 Å². The molecule has 142 valence electrons. The zero-order valence-corrected chi connectivity index (χ0v) is 15.0. The maximum atomic E-state index is 13.3. The monoisotopic (exact) mass is 380 g/mol. The van der Waals surface area contributed by atoms with Crippen molar-refractivity contribution in [2.24, 2.45) is 7.05 Å². The van der Waals surface area contributed by atoms with Crippen molar-refractivity contribution in [3.05, 3.63) is 77.6 Å². The Labute approximate surface area is 160 Å². The highest BCUT2D eigenvalue weighted by molar-refractivity contribution is 6.00. The molecule has 0 saturated heterocycles. The standard InChI is InChI=1S/C20H17FN4O3/c1-25-9-8-22-19(25)18(12-2-5-14(21)6-3-12)24-20(27)13-4-7-16-15(10-13)23-17(26)11-28-16/h2-10,18H,11H2,1H3,(H,23,26)(H,24,27). The van der Waals surface area contributed by atoms with Gasteiger partial charge in [-0.05, 0) is 35.9 Å². The molecule has 7 nitrogen and oxygen atoms in total. The van der Waals surface area contributed by atoms with Gasteiger partial charge < -0.3 is 19.9 Å². The van der Waals surface area contributed by atoms with Gasteiger partial charge in [0.25, 0.3) is 11.8 Å². The molecule has 3 aromatic rings. The van der Waals surface area contributed by atoms with E-state index in [0.29, 0.717) is 28.4 Å². The van der Waals surface area contributed by atoms with Crippen molar-refractivity contribution in [1.29, 1.82) is 0 Å². The minimum absolute atomic E-state index is 0.0512. The SMILES string of the molecule is Cn1ccnc1C(NC(=O)c1ccc2c(c1)NC(=O)CO2)c1ccc(F)cc1. The third kappa shape index (κ3) is 3.44.